The van der Waals surface area contributed by atoms with Gasteiger partial charge in [0.05, 0.1) is 18.5 Å². The number of hydrogen-bond donors (Lipinski definition) is 0. The largest absolute Gasteiger partial charge is 0.466 e. The predicted molar refractivity (Wildman–Crippen MR) is 69.1 cm³/mol. The maximum absolute atomic E-state index is 11.7. The molecule has 1 aromatic heterocycles. The monoisotopic (exact) mass is 267 g/mol. The highest BCUT2D eigenvalue weighted by atomic mass is 16.5. The van der Waals surface area contributed by atoms with Crippen molar-refractivity contribution in [3.05, 3.63) is 22.6 Å². The Morgan fingerprint density at radius 1 is 1.42 bits per heavy atom. The molecule has 1 rings (SSSR count). The molecule has 0 atom stereocenters. The summed E-state index contributed by atoms with van der Waals surface area (Å²) < 4.78 is 5.68. The first-order chi connectivity index (χ1) is 8.93. The SMILES string of the molecule is CCOC(=O)CC(=O)Cn1ncc(N(C)C)cc1=O. The van der Waals surface area contributed by atoms with E-state index in [-0.39, 0.29) is 25.1 Å². The molecule has 0 bridgehead atoms. The van der Waals surface area contributed by atoms with Crippen molar-refractivity contribution in [2.24, 2.45) is 0 Å². The second kappa shape index (κ2) is 6.67. The number of aromatic nitrogens is 2. The summed E-state index contributed by atoms with van der Waals surface area (Å²) in [5.41, 5.74) is 0.266. The van der Waals surface area contributed by atoms with Crippen LogP contribution >= 0.6 is 0 Å². The van der Waals surface area contributed by atoms with Crippen LogP contribution in [0.3, 0.4) is 0 Å². The van der Waals surface area contributed by atoms with E-state index >= 15 is 0 Å². The Balaban J connectivity index is 2.70. The number of rotatable bonds is 6. The van der Waals surface area contributed by atoms with Gasteiger partial charge in [0.15, 0.2) is 5.78 Å². The Labute approximate surface area is 110 Å². The summed E-state index contributed by atoms with van der Waals surface area (Å²) >= 11 is 0. The molecule has 1 aromatic rings. The molecule has 0 N–H and O–H groups in total. The third-order valence-corrected chi connectivity index (χ3v) is 2.34. The number of nitrogens with zero attached hydrogens (tertiary/aromatic N) is 3. The molecule has 0 saturated carbocycles. The van der Waals surface area contributed by atoms with Crippen molar-refractivity contribution >= 4 is 17.4 Å². The molecule has 1 heterocycles. The average molecular weight is 267 g/mol. The number of ether oxygens (including phenoxy) is 1. The number of anilines is 1. The van der Waals surface area contributed by atoms with E-state index in [1.54, 1.807) is 25.9 Å². The van der Waals surface area contributed by atoms with Gasteiger partial charge in [-0.2, -0.15) is 5.10 Å². The first kappa shape index (κ1) is 14.9. The topological polar surface area (TPSA) is 81.5 Å². The van der Waals surface area contributed by atoms with Crippen LogP contribution in [0.2, 0.25) is 0 Å². The summed E-state index contributed by atoms with van der Waals surface area (Å²) in [5.74, 6) is -1.00. The van der Waals surface area contributed by atoms with Gasteiger partial charge >= 0.3 is 5.97 Å². The van der Waals surface area contributed by atoms with Gasteiger partial charge in [-0.25, -0.2) is 4.68 Å². The lowest BCUT2D eigenvalue weighted by molar-refractivity contribution is -0.145. The van der Waals surface area contributed by atoms with Crippen LogP contribution in [-0.2, 0) is 20.9 Å². The Morgan fingerprint density at radius 3 is 2.63 bits per heavy atom. The number of carbonyl (C=O) groups is 2. The maximum atomic E-state index is 11.7. The summed E-state index contributed by atoms with van der Waals surface area (Å²) in [5, 5.41) is 3.88. The number of Topliss-reactive ketones (excluding diaryl/α,β-unsaturated/α-hetero) is 1. The second-order valence-electron chi connectivity index (χ2n) is 4.12. The molecule has 0 aliphatic carbocycles. The fraction of sp³-hybridized carbons (Fsp3) is 0.500. The van der Waals surface area contributed by atoms with Gasteiger partial charge in [0.25, 0.3) is 5.56 Å². The second-order valence-corrected chi connectivity index (χ2v) is 4.12. The van der Waals surface area contributed by atoms with E-state index in [4.69, 9.17) is 0 Å². The van der Waals surface area contributed by atoms with Crippen LogP contribution < -0.4 is 10.5 Å². The Bertz CT molecular complexity index is 522. The summed E-state index contributed by atoms with van der Waals surface area (Å²) in [6.07, 6.45) is 1.14. The molecule has 0 aromatic carbocycles. The molecule has 0 spiro atoms. The molecule has 7 nitrogen and oxygen atoms in total. The molecule has 0 saturated heterocycles. The number of hydrogen-bond acceptors (Lipinski definition) is 6. The lowest BCUT2D eigenvalue weighted by Gasteiger charge is -2.12. The minimum absolute atomic E-state index is 0.224. The van der Waals surface area contributed by atoms with Crippen molar-refractivity contribution in [1.82, 2.24) is 9.78 Å². The molecule has 0 amide bonds. The van der Waals surface area contributed by atoms with E-state index in [1.807, 2.05) is 0 Å². The number of esters is 1. The number of carbonyl (C=O) groups excluding carboxylic acids is 2. The van der Waals surface area contributed by atoms with Gasteiger partial charge in [-0.15, -0.1) is 0 Å². The molecule has 0 unspecified atom stereocenters. The van der Waals surface area contributed by atoms with Crippen molar-refractivity contribution < 1.29 is 14.3 Å². The van der Waals surface area contributed by atoms with E-state index in [1.165, 1.54) is 12.3 Å². The Morgan fingerprint density at radius 2 is 2.11 bits per heavy atom. The summed E-state index contributed by atoms with van der Waals surface area (Å²) in [4.78, 5) is 36.1. The molecule has 0 fully saturated rings. The Hall–Kier alpha value is -2.18. The van der Waals surface area contributed by atoms with Crippen LogP contribution in [0.4, 0.5) is 5.69 Å². The van der Waals surface area contributed by atoms with Gasteiger partial charge in [0.2, 0.25) is 0 Å². The quantitative estimate of drug-likeness (QED) is 0.526. The molecule has 0 aliphatic heterocycles. The van der Waals surface area contributed by atoms with Gasteiger partial charge in [0, 0.05) is 20.2 Å². The van der Waals surface area contributed by atoms with Gasteiger partial charge in [-0.05, 0) is 6.92 Å². The van der Waals surface area contributed by atoms with Crippen LogP contribution in [0.1, 0.15) is 13.3 Å². The standard InChI is InChI=1S/C12H17N3O4/c1-4-19-12(18)6-10(16)8-15-11(17)5-9(7-13-15)14(2)3/h5,7H,4,6,8H2,1-3H3. The number of ketones is 1. The van der Waals surface area contributed by atoms with Crippen LogP contribution in [0.25, 0.3) is 0 Å². The van der Waals surface area contributed by atoms with Crippen molar-refractivity contribution in [1.29, 1.82) is 0 Å². The van der Waals surface area contributed by atoms with Crippen LogP contribution in [0.15, 0.2) is 17.1 Å². The normalized spacial score (nSPS) is 10.1. The predicted octanol–water partition coefficient (Wildman–Crippen LogP) is -0.168. The first-order valence-corrected chi connectivity index (χ1v) is 5.86. The lowest BCUT2D eigenvalue weighted by atomic mass is 10.3. The minimum atomic E-state index is -0.592. The third-order valence-electron chi connectivity index (χ3n) is 2.34. The fourth-order valence-electron chi connectivity index (χ4n) is 1.38. The zero-order valence-electron chi connectivity index (χ0n) is 11.3. The van der Waals surface area contributed by atoms with E-state index in [9.17, 15) is 14.4 Å². The van der Waals surface area contributed by atoms with E-state index in [2.05, 4.69) is 9.84 Å². The zero-order valence-corrected chi connectivity index (χ0v) is 11.3. The van der Waals surface area contributed by atoms with Gasteiger partial charge in [-0.1, -0.05) is 0 Å². The highest BCUT2D eigenvalue weighted by Gasteiger charge is 2.12. The van der Waals surface area contributed by atoms with Crippen LogP contribution in [0.5, 0.6) is 0 Å². The minimum Gasteiger partial charge on any atom is -0.466 e. The first-order valence-electron chi connectivity index (χ1n) is 5.86. The molecule has 0 radical (unpaired) electrons. The molecule has 0 aliphatic rings. The van der Waals surface area contributed by atoms with Crippen molar-refractivity contribution in [2.45, 2.75) is 19.9 Å². The van der Waals surface area contributed by atoms with Gasteiger partial charge in [0.1, 0.15) is 13.0 Å². The van der Waals surface area contributed by atoms with Crippen molar-refractivity contribution in [3.63, 3.8) is 0 Å². The molecule has 104 valence electrons. The highest BCUT2D eigenvalue weighted by molar-refractivity contribution is 5.95. The zero-order chi connectivity index (χ0) is 14.4. The summed E-state index contributed by atoms with van der Waals surface area (Å²) in [7, 11) is 3.57. The van der Waals surface area contributed by atoms with Crippen molar-refractivity contribution in [3.8, 4) is 0 Å². The van der Waals surface area contributed by atoms with Crippen LogP contribution in [-0.4, -0.2) is 42.2 Å². The summed E-state index contributed by atoms with van der Waals surface area (Å²) in [6, 6.07) is 1.38. The molecular weight excluding hydrogens is 250 g/mol. The van der Waals surface area contributed by atoms with Gasteiger partial charge in [-0.3, -0.25) is 14.4 Å². The lowest BCUT2D eigenvalue weighted by Crippen LogP contribution is -2.28. The van der Waals surface area contributed by atoms with E-state index in [0.717, 1.165) is 4.68 Å². The summed E-state index contributed by atoms with van der Waals surface area (Å²) in [6.45, 7) is 1.65. The molecule has 7 heteroatoms. The van der Waals surface area contributed by atoms with E-state index < -0.39 is 11.8 Å². The average Bonchev–Trinajstić information content (AvgIpc) is 2.31. The van der Waals surface area contributed by atoms with Gasteiger partial charge < -0.3 is 9.64 Å². The van der Waals surface area contributed by atoms with Crippen LogP contribution in [0, 0.1) is 0 Å². The molecule has 19 heavy (non-hydrogen) atoms. The molecular formula is C12H17N3O4. The maximum Gasteiger partial charge on any atom is 0.313 e. The smallest absolute Gasteiger partial charge is 0.313 e. The third kappa shape index (κ3) is 4.53. The van der Waals surface area contributed by atoms with Crippen molar-refractivity contribution in [2.75, 3.05) is 25.6 Å². The van der Waals surface area contributed by atoms with E-state index in [0.29, 0.717) is 5.69 Å². The fourth-order valence-corrected chi connectivity index (χ4v) is 1.38. The highest BCUT2D eigenvalue weighted by Crippen LogP contribution is 2.03. The Kier molecular flexibility index (Phi) is 5.23.